The number of rotatable bonds is 3. The summed E-state index contributed by atoms with van der Waals surface area (Å²) in [5.74, 6) is 2.75. The van der Waals surface area contributed by atoms with Crippen LogP contribution in [-0.2, 0) is 4.79 Å². The molecule has 1 aromatic rings. The highest BCUT2D eigenvalue weighted by Gasteiger charge is 2.57. The molecule has 1 saturated carbocycles. The van der Waals surface area contributed by atoms with Crippen LogP contribution in [0.5, 0.6) is 5.75 Å². The molecule has 1 aromatic carbocycles. The Labute approximate surface area is 125 Å². The van der Waals surface area contributed by atoms with E-state index in [0.29, 0.717) is 18.4 Å². The molecule has 3 aliphatic rings. The van der Waals surface area contributed by atoms with Crippen molar-refractivity contribution >= 4 is 5.91 Å². The van der Waals surface area contributed by atoms with Crippen molar-refractivity contribution in [3.05, 3.63) is 29.8 Å². The van der Waals surface area contributed by atoms with Crippen molar-refractivity contribution in [1.82, 2.24) is 10.6 Å². The minimum atomic E-state index is -0.284. The van der Waals surface area contributed by atoms with Gasteiger partial charge in [-0.2, -0.15) is 0 Å². The SMILES string of the molecule is CC(C)(NC(=O)C1C2CNCC21)C1COc2ccccc21. The van der Waals surface area contributed by atoms with E-state index in [4.69, 9.17) is 4.74 Å². The van der Waals surface area contributed by atoms with Gasteiger partial charge in [0.05, 0.1) is 6.61 Å². The maximum absolute atomic E-state index is 12.5. The Morgan fingerprint density at radius 3 is 2.76 bits per heavy atom. The number of hydrogen-bond acceptors (Lipinski definition) is 3. The van der Waals surface area contributed by atoms with Gasteiger partial charge in [0.1, 0.15) is 5.75 Å². The fourth-order valence-electron chi connectivity index (χ4n) is 4.06. The molecule has 4 rings (SSSR count). The van der Waals surface area contributed by atoms with Crippen molar-refractivity contribution in [2.75, 3.05) is 19.7 Å². The molecule has 2 N–H and O–H groups in total. The Kier molecular flexibility index (Phi) is 2.80. The average Bonchev–Trinajstić information content (AvgIpc) is 2.82. The lowest BCUT2D eigenvalue weighted by Crippen LogP contribution is -2.49. The highest BCUT2D eigenvalue weighted by atomic mass is 16.5. The van der Waals surface area contributed by atoms with Crippen LogP contribution in [0.3, 0.4) is 0 Å². The van der Waals surface area contributed by atoms with Crippen LogP contribution in [0.25, 0.3) is 0 Å². The summed E-state index contributed by atoms with van der Waals surface area (Å²) in [6, 6.07) is 8.14. The fourth-order valence-corrected chi connectivity index (χ4v) is 4.06. The highest BCUT2D eigenvalue weighted by Crippen LogP contribution is 2.49. The van der Waals surface area contributed by atoms with E-state index < -0.39 is 0 Å². The maximum Gasteiger partial charge on any atom is 0.224 e. The summed E-state index contributed by atoms with van der Waals surface area (Å²) in [4.78, 5) is 12.5. The van der Waals surface area contributed by atoms with Crippen molar-refractivity contribution in [2.45, 2.75) is 25.3 Å². The molecule has 21 heavy (non-hydrogen) atoms. The summed E-state index contributed by atoms with van der Waals surface area (Å²) in [6.45, 7) is 6.86. The van der Waals surface area contributed by atoms with E-state index in [1.807, 2.05) is 18.2 Å². The van der Waals surface area contributed by atoms with Gasteiger partial charge >= 0.3 is 0 Å². The number of hydrogen-bond donors (Lipinski definition) is 2. The topological polar surface area (TPSA) is 50.4 Å². The number of para-hydroxylation sites is 1. The van der Waals surface area contributed by atoms with Gasteiger partial charge in [0.25, 0.3) is 0 Å². The van der Waals surface area contributed by atoms with Gasteiger partial charge < -0.3 is 15.4 Å². The van der Waals surface area contributed by atoms with Crippen LogP contribution in [0.15, 0.2) is 24.3 Å². The molecule has 1 aliphatic carbocycles. The van der Waals surface area contributed by atoms with E-state index in [-0.39, 0.29) is 23.3 Å². The summed E-state index contributed by atoms with van der Waals surface area (Å²) >= 11 is 0. The Morgan fingerprint density at radius 1 is 1.29 bits per heavy atom. The van der Waals surface area contributed by atoms with Crippen LogP contribution in [0.1, 0.15) is 25.3 Å². The minimum Gasteiger partial charge on any atom is -0.493 e. The van der Waals surface area contributed by atoms with Crippen LogP contribution in [0.2, 0.25) is 0 Å². The Hall–Kier alpha value is -1.55. The zero-order valence-corrected chi connectivity index (χ0v) is 12.6. The summed E-state index contributed by atoms with van der Waals surface area (Å²) in [7, 11) is 0. The van der Waals surface area contributed by atoms with Crippen molar-refractivity contribution < 1.29 is 9.53 Å². The van der Waals surface area contributed by atoms with Crippen LogP contribution < -0.4 is 15.4 Å². The third-order valence-electron chi connectivity index (χ3n) is 5.41. The molecule has 2 heterocycles. The van der Waals surface area contributed by atoms with E-state index in [1.54, 1.807) is 0 Å². The molecule has 3 atom stereocenters. The van der Waals surface area contributed by atoms with E-state index >= 15 is 0 Å². The molecule has 0 aromatic heterocycles. The van der Waals surface area contributed by atoms with Crippen molar-refractivity contribution in [1.29, 1.82) is 0 Å². The number of ether oxygens (including phenoxy) is 1. The minimum absolute atomic E-state index is 0.217. The zero-order chi connectivity index (χ0) is 14.6. The third-order valence-corrected chi connectivity index (χ3v) is 5.41. The molecule has 0 bridgehead atoms. The van der Waals surface area contributed by atoms with Crippen LogP contribution in [-0.4, -0.2) is 31.1 Å². The van der Waals surface area contributed by atoms with Crippen LogP contribution in [0, 0.1) is 17.8 Å². The number of benzene rings is 1. The van der Waals surface area contributed by atoms with Gasteiger partial charge in [-0.1, -0.05) is 18.2 Å². The monoisotopic (exact) mass is 286 g/mol. The largest absolute Gasteiger partial charge is 0.493 e. The molecule has 2 fully saturated rings. The number of carbonyl (C=O) groups excluding carboxylic acids is 1. The van der Waals surface area contributed by atoms with Crippen LogP contribution >= 0.6 is 0 Å². The normalized spacial score (nSPS) is 33.0. The third kappa shape index (κ3) is 2.04. The average molecular weight is 286 g/mol. The van der Waals surface area contributed by atoms with Gasteiger partial charge in [0.15, 0.2) is 0 Å². The van der Waals surface area contributed by atoms with E-state index in [2.05, 4.69) is 30.5 Å². The molecule has 0 spiro atoms. The molecule has 3 unspecified atom stereocenters. The van der Waals surface area contributed by atoms with Crippen LogP contribution in [0.4, 0.5) is 0 Å². The first-order chi connectivity index (χ1) is 10.1. The lowest BCUT2D eigenvalue weighted by Gasteiger charge is -2.32. The highest BCUT2D eigenvalue weighted by molar-refractivity contribution is 5.83. The summed E-state index contributed by atoms with van der Waals surface area (Å²) < 4.78 is 5.77. The second-order valence-electron chi connectivity index (χ2n) is 7.12. The Morgan fingerprint density at radius 2 is 2.00 bits per heavy atom. The zero-order valence-electron chi connectivity index (χ0n) is 12.6. The first-order valence-corrected chi connectivity index (χ1v) is 7.82. The first-order valence-electron chi connectivity index (χ1n) is 7.82. The van der Waals surface area contributed by atoms with Gasteiger partial charge in [-0.15, -0.1) is 0 Å². The molecule has 112 valence electrons. The second-order valence-corrected chi connectivity index (χ2v) is 7.12. The van der Waals surface area contributed by atoms with Gasteiger partial charge in [-0.3, -0.25) is 4.79 Å². The fraction of sp³-hybridized carbons (Fsp3) is 0.588. The summed E-state index contributed by atoms with van der Waals surface area (Å²) in [5.41, 5.74) is 0.925. The van der Waals surface area contributed by atoms with Gasteiger partial charge in [0.2, 0.25) is 5.91 Å². The lowest BCUT2D eigenvalue weighted by atomic mass is 9.83. The smallest absolute Gasteiger partial charge is 0.224 e. The number of piperidine rings is 1. The predicted octanol–water partition coefficient (Wildman–Crippen LogP) is 1.52. The van der Waals surface area contributed by atoms with E-state index in [9.17, 15) is 4.79 Å². The molecule has 1 amide bonds. The van der Waals surface area contributed by atoms with E-state index in [0.717, 1.165) is 18.8 Å². The number of nitrogens with one attached hydrogen (secondary N) is 2. The molecule has 4 nitrogen and oxygen atoms in total. The molecular formula is C17H22N2O2. The second kappa shape index (κ2) is 4.47. The van der Waals surface area contributed by atoms with Crippen molar-refractivity contribution in [3.63, 3.8) is 0 Å². The number of carbonyl (C=O) groups is 1. The molecule has 0 radical (unpaired) electrons. The first kappa shape index (κ1) is 13.1. The van der Waals surface area contributed by atoms with Crippen molar-refractivity contribution in [3.8, 4) is 5.75 Å². The quantitative estimate of drug-likeness (QED) is 0.886. The molecule has 2 aliphatic heterocycles. The Balaban J connectivity index is 1.48. The molecule has 4 heteroatoms. The Bertz CT molecular complexity index is 574. The lowest BCUT2D eigenvalue weighted by molar-refractivity contribution is -0.124. The molecular weight excluding hydrogens is 264 g/mol. The predicted molar refractivity (Wildman–Crippen MR) is 80.2 cm³/mol. The van der Waals surface area contributed by atoms with Gasteiger partial charge in [-0.25, -0.2) is 0 Å². The number of amides is 1. The number of fused-ring (bicyclic) bond motifs is 2. The van der Waals surface area contributed by atoms with Crippen molar-refractivity contribution in [2.24, 2.45) is 17.8 Å². The van der Waals surface area contributed by atoms with E-state index in [1.165, 1.54) is 5.56 Å². The summed E-state index contributed by atoms with van der Waals surface area (Å²) in [5, 5.41) is 6.62. The molecule has 1 saturated heterocycles. The van der Waals surface area contributed by atoms with Gasteiger partial charge in [0, 0.05) is 22.9 Å². The van der Waals surface area contributed by atoms with Gasteiger partial charge in [-0.05, 0) is 44.8 Å². The maximum atomic E-state index is 12.5. The summed E-state index contributed by atoms with van der Waals surface area (Å²) in [6.07, 6.45) is 0. The standard InChI is InChI=1S/C17H22N2O2/c1-17(2,13-9-21-14-6-4-3-5-10(13)14)19-16(20)15-11-7-18-8-12(11)15/h3-6,11-13,15,18H,7-9H2,1-2H3,(H,19,20).